The molecule has 4 rings (SSSR count). The van der Waals surface area contributed by atoms with Crippen molar-refractivity contribution >= 4 is 27.7 Å². The fourth-order valence-electron chi connectivity index (χ4n) is 6.20. The highest BCUT2D eigenvalue weighted by Gasteiger charge is 2.40. The van der Waals surface area contributed by atoms with E-state index < -0.39 is 0 Å². The van der Waals surface area contributed by atoms with Gasteiger partial charge in [0.15, 0.2) is 0 Å². The molecule has 1 aromatic rings. The summed E-state index contributed by atoms with van der Waals surface area (Å²) in [6, 6.07) is 3.04. The molecule has 1 aliphatic heterocycles. The number of hydrogen-bond donors (Lipinski definition) is 1. The Hall–Kier alpha value is -1.14. The number of fused-ring (bicyclic) bond motifs is 2. The standard InChI is InChI=1S/C23H34BrN3O2/c1-14-8-16-10-15(2)21(17(9-14)11-16)26-19-4-6-27(7-5-19)22-20(23(28)29-3)12-18(24)13-25-22/h12-17,19,21,26H,4-11H2,1-3H3. The van der Waals surface area contributed by atoms with Crippen LogP contribution in [0.2, 0.25) is 0 Å². The summed E-state index contributed by atoms with van der Waals surface area (Å²) in [7, 11) is 1.42. The Morgan fingerprint density at radius 2 is 1.97 bits per heavy atom. The average molecular weight is 464 g/mol. The molecule has 29 heavy (non-hydrogen) atoms. The molecule has 0 spiro atoms. The molecule has 0 radical (unpaired) electrons. The second-order valence-electron chi connectivity index (χ2n) is 9.62. The van der Waals surface area contributed by atoms with E-state index in [9.17, 15) is 4.79 Å². The van der Waals surface area contributed by atoms with Gasteiger partial charge in [-0.2, -0.15) is 0 Å². The summed E-state index contributed by atoms with van der Waals surface area (Å²) in [5.74, 6) is 3.89. The molecule has 2 aliphatic carbocycles. The molecular formula is C23H34BrN3O2. The van der Waals surface area contributed by atoms with Gasteiger partial charge in [-0.25, -0.2) is 9.78 Å². The lowest BCUT2D eigenvalue weighted by atomic mass is 9.63. The zero-order valence-corrected chi connectivity index (χ0v) is 19.5. The molecule has 3 aliphatic rings. The van der Waals surface area contributed by atoms with E-state index in [1.807, 2.05) is 6.07 Å². The average Bonchev–Trinajstić information content (AvgIpc) is 2.70. The van der Waals surface area contributed by atoms with Crippen LogP contribution in [0.5, 0.6) is 0 Å². The van der Waals surface area contributed by atoms with Crippen molar-refractivity contribution < 1.29 is 9.53 Å². The van der Waals surface area contributed by atoms with Crippen LogP contribution in [-0.4, -0.2) is 43.2 Å². The lowest BCUT2D eigenvalue weighted by Crippen LogP contribution is -2.54. The molecule has 2 heterocycles. The van der Waals surface area contributed by atoms with Crippen molar-refractivity contribution in [2.24, 2.45) is 23.7 Å². The first kappa shape index (κ1) is 21.1. The second-order valence-corrected chi connectivity index (χ2v) is 10.5. The van der Waals surface area contributed by atoms with Gasteiger partial charge in [0.1, 0.15) is 11.4 Å². The minimum atomic E-state index is -0.328. The minimum Gasteiger partial charge on any atom is -0.465 e. The maximum absolute atomic E-state index is 12.2. The first-order valence-electron chi connectivity index (χ1n) is 11.2. The summed E-state index contributed by atoms with van der Waals surface area (Å²) in [5, 5.41) is 4.07. The maximum atomic E-state index is 12.2. The van der Waals surface area contributed by atoms with Gasteiger partial charge in [-0.1, -0.05) is 13.8 Å². The molecule has 1 saturated heterocycles. The van der Waals surface area contributed by atoms with E-state index in [1.54, 1.807) is 6.20 Å². The van der Waals surface area contributed by atoms with Crippen LogP contribution >= 0.6 is 15.9 Å². The summed E-state index contributed by atoms with van der Waals surface area (Å²) >= 11 is 3.41. The molecule has 1 aromatic heterocycles. The Labute approximate surface area is 183 Å². The van der Waals surface area contributed by atoms with Crippen LogP contribution in [0.4, 0.5) is 5.82 Å². The molecule has 6 heteroatoms. The van der Waals surface area contributed by atoms with E-state index in [1.165, 1.54) is 32.8 Å². The van der Waals surface area contributed by atoms with Crippen LogP contribution in [0.25, 0.3) is 0 Å². The third-order valence-corrected chi connectivity index (χ3v) is 7.80. The van der Waals surface area contributed by atoms with Gasteiger partial charge >= 0.3 is 5.97 Å². The van der Waals surface area contributed by atoms with Crippen molar-refractivity contribution in [1.29, 1.82) is 0 Å². The fourth-order valence-corrected chi connectivity index (χ4v) is 6.53. The number of esters is 1. The predicted molar refractivity (Wildman–Crippen MR) is 119 cm³/mol. The van der Waals surface area contributed by atoms with E-state index in [0.717, 1.165) is 59.9 Å². The summed E-state index contributed by atoms with van der Waals surface area (Å²) in [6.07, 6.45) is 9.59. The number of methoxy groups -OCH3 is 1. The fraction of sp³-hybridized carbons (Fsp3) is 0.739. The van der Waals surface area contributed by atoms with Crippen molar-refractivity contribution in [2.75, 3.05) is 25.1 Å². The number of piperidine rings is 1. The SMILES string of the molecule is COC(=O)c1cc(Br)cnc1N1CCC(NC2C(C)CC3CC(C)CC2C3)CC1. The number of halogens is 1. The van der Waals surface area contributed by atoms with Crippen LogP contribution in [0.15, 0.2) is 16.7 Å². The molecule has 1 N–H and O–H groups in total. The highest BCUT2D eigenvalue weighted by molar-refractivity contribution is 9.10. The number of nitrogens with zero attached hydrogens (tertiary/aromatic N) is 2. The van der Waals surface area contributed by atoms with Gasteiger partial charge in [0.25, 0.3) is 0 Å². The van der Waals surface area contributed by atoms with E-state index in [2.05, 4.69) is 45.0 Å². The molecule has 0 aromatic carbocycles. The number of pyridine rings is 1. The van der Waals surface area contributed by atoms with Gasteiger partial charge in [-0.15, -0.1) is 0 Å². The minimum absolute atomic E-state index is 0.328. The number of carbonyl (C=O) groups excluding carboxylic acids is 1. The Kier molecular flexibility index (Phi) is 6.50. The van der Waals surface area contributed by atoms with Crippen LogP contribution in [0.3, 0.4) is 0 Å². The zero-order valence-electron chi connectivity index (χ0n) is 17.9. The molecule has 5 unspecified atom stereocenters. The number of anilines is 1. The number of carbonyl (C=O) groups is 1. The monoisotopic (exact) mass is 463 g/mol. The molecule has 160 valence electrons. The molecule has 3 fully saturated rings. The highest BCUT2D eigenvalue weighted by atomic mass is 79.9. The van der Waals surface area contributed by atoms with Crippen molar-refractivity contribution in [3.05, 3.63) is 22.3 Å². The number of aromatic nitrogens is 1. The number of rotatable bonds is 4. The van der Waals surface area contributed by atoms with E-state index >= 15 is 0 Å². The number of ether oxygens (including phenoxy) is 1. The van der Waals surface area contributed by atoms with Crippen LogP contribution < -0.4 is 10.2 Å². The first-order chi connectivity index (χ1) is 13.9. The van der Waals surface area contributed by atoms with Gasteiger partial charge in [-0.3, -0.25) is 0 Å². The van der Waals surface area contributed by atoms with Crippen molar-refractivity contribution in [2.45, 2.75) is 64.5 Å². The Balaban J connectivity index is 1.38. The van der Waals surface area contributed by atoms with Gasteiger partial charge < -0.3 is 15.0 Å². The van der Waals surface area contributed by atoms with Gasteiger partial charge in [0.2, 0.25) is 0 Å². The summed E-state index contributed by atoms with van der Waals surface area (Å²) in [6.45, 7) is 6.73. The molecule has 5 atom stereocenters. The van der Waals surface area contributed by atoms with Crippen LogP contribution in [0, 0.1) is 23.7 Å². The van der Waals surface area contributed by atoms with Crippen molar-refractivity contribution in [1.82, 2.24) is 10.3 Å². The Morgan fingerprint density at radius 3 is 2.69 bits per heavy atom. The predicted octanol–water partition coefficient (Wildman–Crippen LogP) is 4.65. The Morgan fingerprint density at radius 1 is 1.21 bits per heavy atom. The quantitative estimate of drug-likeness (QED) is 0.658. The topological polar surface area (TPSA) is 54.5 Å². The Bertz CT molecular complexity index is 731. The second kappa shape index (κ2) is 8.93. The number of hydrogen-bond acceptors (Lipinski definition) is 5. The summed E-state index contributed by atoms with van der Waals surface area (Å²) in [5.41, 5.74) is 0.538. The zero-order chi connectivity index (χ0) is 20.5. The summed E-state index contributed by atoms with van der Waals surface area (Å²) in [4.78, 5) is 19.0. The van der Waals surface area contributed by atoms with Gasteiger partial charge in [-0.05, 0) is 84.2 Å². The largest absolute Gasteiger partial charge is 0.465 e. The summed E-state index contributed by atoms with van der Waals surface area (Å²) < 4.78 is 5.76. The van der Waals surface area contributed by atoms with Crippen LogP contribution in [-0.2, 0) is 4.74 Å². The van der Waals surface area contributed by atoms with Crippen LogP contribution in [0.1, 0.15) is 62.7 Å². The first-order valence-corrected chi connectivity index (χ1v) is 12.0. The van der Waals surface area contributed by atoms with E-state index in [-0.39, 0.29) is 5.97 Å². The molecule has 5 nitrogen and oxygen atoms in total. The van der Waals surface area contributed by atoms with E-state index in [4.69, 9.17) is 4.74 Å². The third-order valence-electron chi connectivity index (χ3n) is 7.36. The maximum Gasteiger partial charge on any atom is 0.341 e. The highest BCUT2D eigenvalue weighted by Crippen LogP contribution is 2.45. The smallest absolute Gasteiger partial charge is 0.341 e. The van der Waals surface area contributed by atoms with Crippen molar-refractivity contribution in [3.8, 4) is 0 Å². The van der Waals surface area contributed by atoms with E-state index in [0.29, 0.717) is 17.6 Å². The molecule has 0 amide bonds. The molecular weight excluding hydrogens is 430 g/mol. The third kappa shape index (κ3) is 4.63. The van der Waals surface area contributed by atoms with Gasteiger partial charge in [0.05, 0.1) is 7.11 Å². The number of nitrogens with one attached hydrogen (secondary N) is 1. The van der Waals surface area contributed by atoms with Gasteiger partial charge in [0, 0.05) is 35.8 Å². The molecule has 2 bridgehead atoms. The lowest BCUT2D eigenvalue weighted by molar-refractivity contribution is 0.0599. The normalized spacial score (nSPS) is 32.8. The molecule has 2 saturated carbocycles. The van der Waals surface area contributed by atoms with Crippen molar-refractivity contribution in [3.63, 3.8) is 0 Å². The lowest BCUT2D eigenvalue weighted by Gasteiger charge is -2.48.